The third kappa shape index (κ3) is 3.11. The van der Waals surface area contributed by atoms with Gasteiger partial charge in [0.2, 0.25) is 0 Å². The highest BCUT2D eigenvalue weighted by molar-refractivity contribution is 7.12. The minimum atomic E-state index is 0.714. The van der Waals surface area contributed by atoms with E-state index in [1.165, 1.54) is 34.6 Å². The van der Waals surface area contributed by atoms with E-state index in [-0.39, 0.29) is 0 Å². The van der Waals surface area contributed by atoms with Crippen LogP contribution >= 0.6 is 11.3 Å². The molecule has 1 aliphatic rings. The van der Waals surface area contributed by atoms with Crippen molar-refractivity contribution < 1.29 is 0 Å². The van der Waals surface area contributed by atoms with E-state index in [9.17, 15) is 0 Å². The zero-order valence-electron chi connectivity index (χ0n) is 11.5. The maximum atomic E-state index is 3.79. The van der Waals surface area contributed by atoms with Crippen molar-refractivity contribution in [3.63, 3.8) is 0 Å². The number of hydrogen-bond acceptors (Lipinski definition) is 2. The summed E-state index contributed by atoms with van der Waals surface area (Å²) in [6, 6.07) is 3.05. The smallest absolute Gasteiger partial charge is 0.0302 e. The van der Waals surface area contributed by atoms with Gasteiger partial charge in [-0.05, 0) is 50.2 Å². The van der Waals surface area contributed by atoms with Crippen LogP contribution in [0.3, 0.4) is 0 Å². The molecule has 17 heavy (non-hydrogen) atoms. The summed E-state index contributed by atoms with van der Waals surface area (Å²) in [5.74, 6) is 1.67. The van der Waals surface area contributed by atoms with Crippen molar-refractivity contribution in [2.45, 2.75) is 59.5 Å². The van der Waals surface area contributed by atoms with Crippen LogP contribution in [0.25, 0.3) is 0 Å². The van der Waals surface area contributed by atoms with Crippen LogP contribution < -0.4 is 5.32 Å². The number of rotatable bonds is 3. The molecule has 0 aromatic carbocycles. The fraction of sp³-hybridized carbons (Fsp3) is 0.733. The minimum Gasteiger partial charge on any atom is -0.309 e. The summed E-state index contributed by atoms with van der Waals surface area (Å²) in [5.41, 5.74) is 1.44. The SMILES string of the molecule is Cc1cc(CNC2C(C)CCCC2C)sc1C. The molecular weight excluding hydrogens is 226 g/mol. The minimum absolute atomic E-state index is 0.714. The quantitative estimate of drug-likeness (QED) is 0.845. The van der Waals surface area contributed by atoms with Crippen molar-refractivity contribution in [1.82, 2.24) is 5.32 Å². The molecule has 1 N–H and O–H groups in total. The lowest BCUT2D eigenvalue weighted by molar-refractivity contribution is 0.208. The van der Waals surface area contributed by atoms with Crippen LogP contribution in [-0.2, 0) is 6.54 Å². The van der Waals surface area contributed by atoms with Gasteiger partial charge in [-0.25, -0.2) is 0 Å². The summed E-state index contributed by atoms with van der Waals surface area (Å²) >= 11 is 1.94. The molecule has 0 amide bonds. The van der Waals surface area contributed by atoms with Crippen LogP contribution in [0.1, 0.15) is 48.4 Å². The molecule has 2 atom stereocenters. The summed E-state index contributed by atoms with van der Waals surface area (Å²) in [7, 11) is 0. The zero-order valence-corrected chi connectivity index (χ0v) is 12.4. The van der Waals surface area contributed by atoms with Crippen molar-refractivity contribution in [2.75, 3.05) is 0 Å². The summed E-state index contributed by atoms with van der Waals surface area (Å²) in [6.45, 7) is 10.3. The topological polar surface area (TPSA) is 12.0 Å². The van der Waals surface area contributed by atoms with Crippen LogP contribution in [0.2, 0.25) is 0 Å². The van der Waals surface area contributed by atoms with Gasteiger partial charge in [-0.1, -0.05) is 20.3 Å². The molecule has 0 bridgehead atoms. The summed E-state index contributed by atoms with van der Waals surface area (Å²) in [6.07, 6.45) is 4.20. The highest BCUT2D eigenvalue weighted by Crippen LogP contribution is 2.29. The fourth-order valence-corrected chi connectivity index (χ4v) is 4.04. The Labute approximate surface area is 110 Å². The Morgan fingerprint density at radius 1 is 1.24 bits per heavy atom. The standard InChI is InChI=1S/C15H25NS/c1-10-6-5-7-11(2)15(10)16-9-14-8-12(3)13(4)17-14/h8,10-11,15-16H,5-7,9H2,1-4H3. The second-order valence-electron chi connectivity index (χ2n) is 5.74. The van der Waals surface area contributed by atoms with Crippen LogP contribution in [0.15, 0.2) is 6.07 Å². The van der Waals surface area contributed by atoms with E-state index in [1.54, 1.807) is 0 Å². The molecule has 1 fully saturated rings. The Hall–Kier alpha value is -0.340. The molecule has 2 heteroatoms. The van der Waals surface area contributed by atoms with E-state index in [0.29, 0.717) is 6.04 Å². The first-order valence-electron chi connectivity index (χ1n) is 6.87. The molecule has 1 heterocycles. The van der Waals surface area contributed by atoms with Crippen LogP contribution in [0, 0.1) is 25.7 Å². The van der Waals surface area contributed by atoms with E-state index >= 15 is 0 Å². The number of nitrogens with one attached hydrogen (secondary N) is 1. The van der Waals surface area contributed by atoms with Gasteiger partial charge in [-0.3, -0.25) is 0 Å². The normalized spacial score (nSPS) is 29.5. The first-order chi connectivity index (χ1) is 8.08. The van der Waals surface area contributed by atoms with Gasteiger partial charge in [0.05, 0.1) is 0 Å². The molecule has 1 saturated carbocycles. The molecule has 0 aliphatic heterocycles. The molecule has 1 aromatic heterocycles. The largest absolute Gasteiger partial charge is 0.309 e. The lowest BCUT2D eigenvalue weighted by Crippen LogP contribution is -2.42. The molecule has 1 aromatic rings. The Bertz CT molecular complexity index is 339. The van der Waals surface area contributed by atoms with E-state index in [4.69, 9.17) is 0 Å². The number of hydrogen-bond donors (Lipinski definition) is 1. The highest BCUT2D eigenvalue weighted by atomic mass is 32.1. The van der Waals surface area contributed by atoms with Crippen molar-refractivity contribution in [1.29, 1.82) is 0 Å². The Balaban J connectivity index is 1.92. The molecule has 2 unspecified atom stereocenters. The monoisotopic (exact) mass is 251 g/mol. The predicted molar refractivity (Wildman–Crippen MR) is 76.6 cm³/mol. The summed E-state index contributed by atoms with van der Waals surface area (Å²) < 4.78 is 0. The molecule has 0 spiro atoms. The molecule has 2 rings (SSSR count). The van der Waals surface area contributed by atoms with Crippen molar-refractivity contribution >= 4 is 11.3 Å². The number of thiophene rings is 1. The summed E-state index contributed by atoms with van der Waals surface area (Å²) in [4.78, 5) is 2.96. The van der Waals surface area contributed by atoms with Crippen molar-refractivity contribution in [3.8, 4) is 0 Å². The Morgan fingerprint density at radius 2 is 1.88 bits per heavy atom. The van der Waals surface area contributed by atoms with Gasteiger partial charge in [0.1, 0.15) is 0 Å². The zero-order chi connectivity index (χ0) is 12.4. The molecule has 0 radical (unpaired) electrons. The van der Waals surface area contributed by atoms with Crippen molar-refractivity contribution in [3.05, 3.63) is 21.4 Å². The molecule has 1 nitrogen and oxygen atoms in total. The molecule has 96 valence electrons. The Kier molecular flexibility index (Phi) is 4.26. The average molecular weight is 251 g/mol. The van der Waals surface area contributed by atoms with Gasteiger partial charge >= 0.3 is 0 Å². The molecule has 1 aliphatic carbocycles. The van der Waals surface area contributed by atoms with Gasteiger partial charge in [0.25, 0.3) is 0 Å². The van der Waals surface area contributed by atoms with Crippen LogP contribution in [-0.4, -0.2) is 6.04 Å². The van der Waals surface area contributed by atoms with Gasteiger partial charge < -0.3 is 5.32 Å². The molecular formula is C15H25NS. The van der Waals surface area contributed by atoms with Crippen LogP contribution in [0.4, 0.5) is 0 Å². The van der Waals surface area contributed by atoms with E-state index < -0.39 is 0 Å². The van der Waals surface area contributed by atoms with Gasteiger partial charge in [-0.15, -0.1) is 11.3 Å². The predicted octanol–water partition coefficient (Wildman–Crippen LogP) is 4.28. The van der Waals surface area contributed by atoms with Gasteiger partial charge in [0, 0.05) is 22.3 Å². The van der Waals surface area contributed by atoms with Crippen molar-refractivity contribution in [2.24, 2.45) is 11.8 Å². The highest BCUT2D eigenvalue weighted by Gasteiger charge is 2.27. The lowest BCUT2D eigenvalue weighted by atomic mass is 9.79. The maximum Gasteiger partial charge on any atom is 0.0302 e. The first kappa shape index (κ1) is 13.1. The Morgan fingerprint density at radius 3 is 2.41 bits per heavy atom. The number of aryl methyl sites for hydroxylation is 2. The van der Waals surface area contributed by atoms with E-state index in [2.05, 4.69) is 39.1 Å². The third-order valence-electron chi connectivity index (χ3n) is 4.27. The maximum absolute atomic E-state index is 3.79. The van der Waals surface area contributed by atoms with Gasteiger partial charge in [0.15, 0.2) is 0 Å². The second kappa shape index (κ2) is 5.53. The average Bonchev–Trinajstić information content (AvgIpc) is 2.58. The van der Waals surface area contributed by atoms with Crippen LogP contribution in [0.5, 0.6) is 0 Å². The first-order valence-corrected chi connectivity index (χ1v) is 7.69. The lowest BCUT2D eigenvalue weighted by Gasteiger charge is -2.35. The van der Waals surface area contributed by atoms with Gasteiger partial charge in [-0.2, -0.15) is 0 Å². The van der Waals surface area contributed by atoms with E-state index in [1.807, 2.05) is 11.3 Å². The fourth-order valence-electron chi connectivity index (χ4n) is 3.04. The summed E-state index contributed by atoms with van der Waals surface area (Å²) in [5, 5.41) is 3.79. The molecule has 0 saturated heterocycles. The second-order valence-corrected chi connectivity index (χ2v) is 7.08. The third-order valence-corrected chi connectivity index (χ3v) is 5.43. The van der Waals surface area contributed by atoms with E-state index in [0.717, 1.165) is 18.4 Å².